The third kappa shape index (κ3) is 3.62. The van der Waals surface area contributed by atoms with Crippen LogP contribution in [0.3, 0.4) is 0 Å². The van der Waals surface area contributed by atoms with E-state index in [9.17, 15) is 9.18 Å². The second-order valence-electron chi connectivity index (χ2n) is 5.83. The maximum absolute atomic E-state index is 13.6. The Kier molecular flexibility index (Phi) is 5.01. The van der Waals surface area contributed by atoms with Crippen molar-refractivity contribution in [2.24, 2.45) is 0 Å². The Labute approximate surface area is 133 Å². The number of amides is 1. The third-order valence-corrected chi connectivity index (χ3v) is 4.59. The highest BCUT2D eigenvalue weighted by molar-refractivity contribution is 9.10. The average Bonchev–Trinajstić information content (AvgIpc) is 2.45. The van der Waals surface area contributed by atoms with E-state index in [1.807, 2.05) is 20.8 Å². The minimum Gasteiger partial charge on any atom is -0.324 e. The van der Waals surface area contributed by atoms with Crippen molar-refractivity contribution in [3.63, 3.8) is 0 Å². The number of carbonyl (C=O) groups excluding carboxylic acids is 1. The number of aryl methyl sites for hydroxylation is 1. The molecule has 0 aromatic heterocycles. The van der Waals surface area contributed by atoms with Crippen LogP contribution in [-0.4, -0.2) is 42.5 Å². The molecule has 1 amide bonds. The zero-order valence-corrected chi connectivity index (χ0v) is 14.2. The molecule has 1 saturated heterocycles. The summed E-state index contributed by atoms with van der Waals surface area (Å²) < 4.78 is 14.0. The Hall–Kier alpha value is -0.980. The molecule has 116 valence electrons. The molecule has 21 heavy (non-hydrogen) atoms. The van der Waals surface area contributed by atoms with E-state index in [4.69, 9.17) is 0 Å². The van der Waals surface area contributed by atoms with E-state index in [-0.39, 0.29) is 11.7 Å². The molecule has 0 saturated carbocycles. The van der Waals surface area contributed by atoms with E-state index in [0.717, 1.165) is 31.7 Å². The summed E-state index contributed by atoms with van der Waals surface area (Å²) in [7, 11) is 0. The van der Waals surface area contributed by atoms with Crippen molar-refractivity contribution < 1.29 is 9.18 Å². The van der Waals surface area contributed by atoms with Crippen molar-refractivity contribution in [1.29, 1.82) is 0 Å². The lowest BCUT2D eigenvalue weighted by molar-refractivity contribution is -0.126. The molecule has 0 bridgehead atoms. The summed E-state index contributed by atoms with van der Waals surface area (Å²) in [5.74, 6) is -0.495. The van der Waals surface area contributed by atoms with Crippen molar-refractivity contribution in [2.75, 3.05) is 31.5 Å². The van der Waals surface area contributed by atoms with Gasteiger partial charge in [-0.05, 0) is 54.4 Å². The number of hydrogen-bond donors (Lipinski definition) is 2. The third-order valence-electron chi connectivity index (χ3n) is 3.98. The van der Waals surface area contributed by atoms with Gasteiger partial charge in [-0.3, -0.25) is 9.69 Å². The molecular weight excluding hydrogens is 337 g/mol. The Morgan fingerprint density at radius 3 is 2.62 bits per heavy atom. The van der Waals surface area contributed by atoms with Crippen molar-refractivity contribution >= 4 is 27.5 Å². The molecule has 0 atom stereocenters. The van der Waals surface area contributed by atoms with Crippen LogP contribution in [0.15, 0.2) is 16.6 Å². The molecule has 2 rings (SSSR count). The minimum atomic E-state index is -0.627. The number of carbonyl (C=O) groups is 1. The molecule has 0 spiro atoms. The molecule has 1 aromatic carbocycles. The zero-order valence-electron chi connectivity index (χ0n) is 12.6. The van der Waals surface area contributed by atoms with E-state index in [1.54, 1.807) is 6.07 Å². The summed E-state index contributed by atoms with van der Waals surface area (Å²) in [5.41, 5.74) is 0.717. The first kappa shape index (κ1) is 16.4. The van der Waals surface area contributed by atoms with Crippen LogP contribution in [0.5, 0.6) is 0 Å². The molecule has 0 aliphatic carbocycles. The van der Waals surface area contributed by atoms with Gasteiger partial charge in [-0.1, -0.05) is 0 Å². The van der Waals surface area contributed by atoms with Gasteiger partial charge in [-0.15, -0.1) is 0 Å². The number of benzene rings is 1. The number of hydrogen-bond acceptors (Lipinski definition) is 3. The van der Waals surface area contributed by atoms with E-state index >= 15 is 0 Å². The number of rotatable bonds is 3. The molecule has 1 heterocycles. The second kappa shape index (κ2) is 6.42. The molecule has 2 N–H and O–H groups in total. The SMILES string of the molecule is Cc1cc(Br)c(F)cc1NC(=O)C(C)(C)N1CCNCC1. The van der Waals surface area contributed by atoms with Crippen molar-refractivity contribution in [3.8, 4) is 0 Å². The molecule has 0 radical (unpaired) electrons. The average molecular weight is 358 g/mol. The lowest BCUT2D eigenvalue weighted by Crippen LogP contribution is -2.58. The monoisotopic (exact) mass is 357 g/mol. The largest absolute Gasteiger partial charge is 0.324 e. The van der Waals surface area contributed by atoms with Crippen LogP contribution in [0, 0.1) is 12.7 Å². The summed E-state index contributed by atoms with van der Waals surface area (Å²) in [6.45, 7) is 9.06. The van der Waals surface area contributed by atoms with Gasteiger partial charge < -0.3 is 10.6 Å². The Morgan fingerprint density at radius 2 is 2.00 bits per heavy atom. The second-order valence-corrected chi connectivity index (χ2v) is 6.69. The number of halogens is 2. The van der Waals surface area contributed by atoms with E-state index < -0.39 is 5.54 Å². The van der Waals surface area contributed by atoms with Crippen LogP contribution in [0.2, 0.25) is 0 Å². The first-order valence-electron chi connectivity index (χ1n) is 7.05. The molecule has 4 nitrogen and oxygen atoms in total. The molecular formula is C15H21BrFN3O. The van der Waals surface area contributed by atoms with Gasteiger partial charge in [-0.2, -0.15) is 0 Å². The van der Waals surface area contributed by atoms with Crippen molar-refractivity contribution in [1.82, 2.24) is 10.2 Å². The highest BCUT2D eigenvalue weighted by Gasteiger charge is 2.35. The van der Waals surface area contributed by atoms with E-state index in [2.05, 4.69) is 31.5 Å². The predicted octanol–water partition coefficient (Wildman–Crippen LogP) is 2.52. The van der Waals surface area contributed by atoms with Crippen LogP contribution >= 0.6 is 15.9 Å². The Balaban J connectivity index is 2.15. The van der Waals surface area contributed by atoms with Gasteiger partial charge in [0.2, 0.25) is 5.91 Å². The number of nitrogens with one attached hydrogen (secondary N) is 2. The Morgan fingerprint density at radius 1 is 1.38 bits per heavy atom. The van der Waals surface area contributed by atoms with Crippen molar-refractivity contribution in [2.45, 2.75) is 26.3 Å². The quantitative estimate of drug-likeness (QED) is 0.873. The minimum absolute atomic E-state index is 0.116. The molecule has 0 unspecified atom stereocenters. The van der Waals surface area contributed by atoms with Gasteiger partial charge in [0.05, 0.1) is 10.0 Å². The van der Waals surface area contributed by atoms with Crippen LogP contribution in [-0.2, 0) is 4.79 Å². The molecule has 1 aliphatic heterocycles. The fourth-order valence-electron chi connectivity index (χ4n) is 2.42. The van der Waals surface area contributed by atoms with Gasteiger partial charge in [0.15, 0.2) is 0 Å². The number of nitrogens with zero attached hydrogens (tertiary/aromatic N) is 1. The first-order chi connectivity index (χ1) is 9.82. The maximum Gasteiger partial charge on any atom is 0.244 e. The maximum atomic E-state index is 13.6. The fourth-order valence-corrected chi connectivity index (χ4v) is 2.88. The summed E-state index contributed by atoms with van der Waals surface area (Å²) in [5, 5.41) is 6.12. The van der Waals surface area contributed by atoms with Gasteiger partial charge in [0.25, 0.3) is 0 Å². The van der Waals surface area contributed by atoms with Gasteiger partial charge in [0, 0.05) is 31.9 Å². The van der Waals surface area contributed by atoms with E-state index in [1.165, 1.54) is 6.07 Å². The van der Waals surface area contributed by atoms with Gasteiger partial charge in [-0.25, -0.2) is 4.39 Å². The van der Waals surface area contributed by atoms with E-state index in [0.29, 0.717) is 10.2 Å². The standard InChI is InChI=1S/C15H21BrFN3O/c1-10-8-11(16)12(17)9-13(10)19-14(21)15(2,3)20-6-4-18-5-7-20/h8-9,18H,4-7H2,1-3H3,(H,19,21). The molecule has 1 fully saturated rings. The lowest BCUT2D eigenvalue weighted by atomic mass is 10.00. The Bertz CT molecular complexity index is 542. The summed E-state index contributed by atoms with van der Waals surface area (Å²) >= 11 is 3.15. The van der Waals surface area contributed by atoms with Gasteiger partial charge >= 0.3 is 0 Å². The zero-order chi connectivity index (χ0) is 15.6. The van der Waals surface area contributed by atoms with Crippen LogP contribution < -0.4 is 10.6 Å². The number of piperazine rings is 1. The summed E-state index contributed by atoms with van der Waals surface area (Å²) in [6.07, 6.45) is 0. The lowest BCUT2D eigenvalue weighted by Gasteiger charge is -2.39. The molecule has 6 heteroatoms. The fraction of sp³-hybridized carbons (Fsp3) is 0.533. The van der Waals surface area contributed by atoms with Crippen LogP contribution in [0.4, 0.5) is 10.1 Å². The smallest absolute Gasteiger partial charge is 0.244 e. The van der Waals surface area contributed by atoms with Gasteiger partial charge in [0.1, 0.15) is 5.82 Å². The molecule has 1 aliphatic rings. The first-order valence-corrected chi connectivity index (χ1v) is 7.84. The normalized spacial score (nSPS) is 16.8. The van der Waals surface area contributed by atoms with Crippen molar-refractivity contribution in [3.05, 3.63) is 28.0 Å². The van der Waals surface area contributed by atoms with Crippen LogP contribution in [0.25, 0.3) is 0 Å². The van der Waals surface area contributed by atoms with Crippen LogP contribution in [0.1, 0.15) is 19.4 Å². The summed E-state index contributed by atoms with van der Waals surface area (Å²) in [4.78, 5) is 14.7. The highest BCUT2D eigenvalue weighted by Crippen LogP contribution is 2.25. The highest BCUT2D eigenvalue weighted by atomic mass is 79.9. The topological polar surface area (TPSA) is 44.4 Å². The molecule has 1 aromatic rings. The summed E-state index contributed by atoms with van der Waals surface area (Å²) in [6, 6.07) is 3.02. The number of anilines is 1. The predicted molar refractivity (Wildman–Crippen MR) is 86.0 cm³/mol.